The average Bonchev–Trinajstić information content (AvgIpc) is 3.12. The van der Waals surface area contributed by atoms with Crippen molar-refractivity contribution in [2.45, 2.75) is 20.8 Å². The molecule has 0 fully saturated rings. The molecule has 4 rings (SSSR count). The molecule has 4 N–H and O–H groups in total. The molecule has 0 spiro atoms. The number of nitrogens with zero attached hydrogens (tertiary/aromatic N) is 1. The van der Waals surface area contributed by atoms with Crippen LogP contribution >= 0.6 is 0 Å². The number of imidazole rings is 1. The molecule has 0 atom stereocenters. The first kappa shape index (κ1) is 22.8. The SMILES string of the molecule is CNC(=O)c1cccc(NC(=O)c2c(C)[nH]c(-c3cccc(-c4c(C)cccc4C)c3)[n+]2O)c1. The number of hydrogen-bond donors (Lipinski definition) is 4. The van der Waals surface area contributed by atoms with Crippen LogP contribution in [0.25, 0.3) is 22.5 Å². The quantitative estimate of drug-likeness (QED) is 0.265. The Morgan fingerprint density at radius 3 is 2.21 bits per heavy atom. The van der Waals surface area contributed by atoms with Gasteiger partial charge in [-0.3, -0.25) is 9.59 Å². The first-order valence-electron chi connectivity index (χ1n) is 10.9. The minimum Gasteiger partial charge on any atom is -0.355 e. The average molecular weight is 456 g/mol. The second-order valence-corrected chi connectivity index (χ2v) is 8.22. The van der Waals surface area contributed by atoms with Gasteiger partial charge in [0.15, 0.2) is 5.69 Å². The fourth-order valence-electron chi connectivity index (χ4n) is 4.19. The lowest BCUT2D eigenvalue weighted by Crippen LogP contribution is -2.39. The Kier molecular flexibility index (Phi) is 6.19. The van der Waals surface area contributed by atoms with E-state index in [-0.39, 0.29) is 11.6 Å². The molecule has 3 aromatic carbocycles. The highest BCUT2D eigenvalue weighted by Crippen LogP contribution is 2.30. The van der Waals surface area contributed by atoms with Gasteiger partial charge in [-0.25, -0.2) is 4.98 Å². The zero-order valence-electron chi connectivity index (χ0n) is 19.6. The van der Waals surface area contributed by atoms with Gasteiger partial charge in [-0.05, 0) is 71.2 Å². The first-order valence-corrected chi connectivity index (χ1v) is 10.9. The van der Waals surface area contributed by atoms with Crippen molar-refractivity contribution >= 4 is 17.5 Å². The van der Waals surface area contributed by atoms with Crippen molar-refractivity contribution in [3.05, 3.63) is 94.8 Å². The molecule has 0 aliphatic rings. The van der Waals surface area contributed by atoms with Gasteiger partial charge < -0.3 is 15.8 Å². The lowest BCUT2D eigenvalue weighted by molar-refractivity contribution is -0.896. The minimum absolute atomic E-state index is 0.0813. The van der Waals surface area contributed by atoms with E-state index in [9.17, 15) is 14.8 Å². The molecule has 2 amide bonds. The summed E-state index contributed by atoms with van der Waals surface area (Å²) in [6, 6.07) is 20.6. The number of carbonyl (C=O) groups is 2. The first-order chi connectivity index (χ1) is 16.3. The number of amides is 2. The summed E-state index contributed by atoms with van der Waals surface area (Å²) < 4.78 is 0.872. The molecule has 1 heterocycles. The molecule has 34 heavy (non-hydrogen) atoms. The number of aromatic amines is 1. The summed E-state index contributed by atoms with van der Waals surface area (Å²) >= 11 is 0. The Labute approximate surface area is 198 Å². The Hall–Kier alpha value is -4.39. The normalized spacial score (nSPS) is 10.7. The highest BCUT2D eigenvalue weighted by molar-refractivity contribution is 6.03. The van der Waals surface area contributed by atoms with Crippen LogP contribution in [0.3, 0.4) is 0 Å². The van der Waals surface area contributed by atoms with Crippen LogP contribution in [-0.2, 0) is 0 Å². The number of nitrogens with one attached hydrogen (secondary N) is 3. The van der Waals surface area contributed by atoms with Crippen molar-refractivity contribution in [3.8, 4) is 22.5 Å². The zero-order valence-corrected chi connectivity index (χ0v) is 19.6. The van der Waals surface area contributed by atoms with Gasteiger partial charge in [0.25, 0.3) is 11.6 Å². The van der Waals surface area contributed by atoms with E-state index in [0.717, 1.165) is 32.5 Å². The van der Waals surface area contributed by atoms with Crippen molar-refractivity contribution in [3.63, 3.8) is 0 Å². The Balaban J connectivity index is 1.67. The van der Waals surface area contributed by atoms with E-state index in [1.165, 1.54) is 0 Å². The fourth-order valence-corrected chi connectivity index (χ4v) is 4.19. The van der Waals surface area contributed by atoms with Crippen LogP contribution in [0.1, 0.15) is 37.7 Å². The highest BCUT2D eigenvalue weighted by atomic mass is 16.5. The summed E-state index contributed by atoms with van der Waals surface area (Å²) in [4.78, 5) is 28.0. The summed E-state index contributed by atoms with van der Waals surface area (Å²) in [6.07, 6.45) is 0. The Bertz CT molecular complexity index is 1380. The van der Waals surface area contributed by atoms with Gasteiger partial charge in [-0.15, -0.1) is 0 Å². The third-order valence-corrected chi connectivity index (χ3v) is 5.82. The molecule has 7 nitrogen and oxygen atoms in total. The van der Waals surface area contributed by atoms with Crippen molar-refractivity contribution in [1.82, 2.24) is 10.3 Å². The van der Waals surface area contributed by atoms with Crippen molar-refractivity contribution in [2.24, 2.45) is 0 Å². The van der Waals surface area contributed by atoms with Gasteiger partial charge in [0.05, 0.1) is 5.56 Å². The van der Waals surface area contributed by atoms with Crippen LogP contribution in [0, 0.1) is 20.8 Å². The smallest absolute Gasteiger partial charge is 0.327 e. The van der Waals surface area contributed by atoms with Crippen LogP contribution < -0.4 is 15.4 Å². The van der Waals surface area contributed by atoms with Gasteiger partial charge in [0, 0.05) is 25.2 Å². The van der Waals surface area contributed by atoms with Gasteiger partial charge >= 0.3 is 11.7 Å². The molecule has 0 saturated carbocycles. The molecule has 1 aromatic heterocycles. The number of H-pyrrole nitrogens is 1. The predicted octanol–water partition coefficient (Wildman–Crippen LogP) is 4.41. The Morgan fingerprint density at radius 1 is 0.853 bits per heavy atom. The maximum Gasteiger partial charge on any atom is 0.327 e. The van der Waals surface area contributed by atoms with E-state index in [4.69, 9.17) is 0 Å². The predicted molar refractivity (Wildman–Crippen MR) is 131 cm³/mol. The van der Waals surface area contributed by atoms with Gasteiger partial charge in [0.2, 0.25) is 0 Å². The molecule has 0 radical (unpaired) electrons. The van der Waals surface area contributed by atoms with E-state index in [0.29, 0.717) is 22.8 Å². The van der Waals surface area contributed by atoms with E-state index in [1.54, 1.807) is 38.2 Å². The van der Waals surface area contributed by atoms with Crippen molar-refractivity contribution < 1.29 is 19.5 Å². The summed E-state index contributed by atoms with van der Waals surface area (Å²) in [5, 5.41) is 16.2. The molecular weight excluding hydrogens is 428 g/mol. The summed E-state index contributed by atoms with van der Waals surface area (Å²) in [7, 11) is 1.54. The number of benzene rings is 3. The summed E-state index contributed by atoms with van der Waals surface area (Å²) in [5.74, 6) is -0.352. The summed E-state index contributed by atoms with van der Waals surface area (Å²) in [5.41, 5.74) is 6.70. The van der Waals surface area contributed by atoms with Crippen LogP contribution in [0.5, 0.6) is 0 Å². The van der Waals surface area contributed by atoms with Gasteiger partial charge in [-0.2, -0.15) is 0 Å². The fraction of sp³-hybridized carbons (Fsp3) is 0.148. The van der Waals surface area contributed by atoms with Crippen LogP contribution in [0.2, 0.25) is 0 Å². The van der Waals surface area contributed by atoms with E-state index < -0.39 is 5.91 Å². The second kappa shape index (κ2) is 9.23. The second-order valence-electron chi connectivity index (χ2n) is 8.22. The molecule has 4 aromatic rings. The van der Waals surface area contributed by atoms with Crippen LogP contribution in [-0.4, -0.2) is 29.1 Å². The minimum atomic E-state index is -0.498. The van der Waals surface area contributed by atoms with Crippen molar-refractivity contribution in [1.29, 1.82) is 0 Å². The number of rotatable bonds is 5. The van der Waals surface area contributed by atoms with Crippen LogP contribution in [0.15, 0.2) is 66.7 Å². The van der Waals surface area contributed by atoms with Crippen LogP contribution in [0.4, 0.5) is 5.69 Å². The number of carbonyl (C=O) groups excluding carboxylic acids is 2. The molecule has 0 aliphatic heterocycles. The standard InChI is InChI=1S/C27H26N4O3/c1-16-8-5-9-17(2)23(16)19-10-6-11-20(14-19)25-29-18(3)24(31(25)34)27(33)30-22-13-7-12-21(15-22)26(32)28-4/h5-15,34H,1-4H3,(H2,28,30,32,33)/p+1. The molecule has 0 bridgehead atoms. The van der Waals surface area contributed by atoms with E-state index in [1.807, 2.05) is 30.3 Å². The number of hydrogen-bond acceptors (Lipinski definition) is 3. The number of anilines is 1. The number of aromatic nitrogens is 2. The lowest BCUT2D eigenvalue weighted by Gasteiger charge is -2.10. The van der Waals surface area contributed by atoms with E-state index >= 15 is 0 Å². The molecule has 172 valence electrons. The third kappa shape index (κ3) is 4.28. The molecule has 0 aliphatic carbocycles. The maximum absolute atomic E-state index is 13.0. The Morgan fingerprint density at radius 2 is 1.50 bits per heavy atom. The number of aryl methyl sites for hydroxylation is 3. The van der Waals surface area contributed by atoms with Gasteiger partial charge in [-0.1, -0.05) is 36.4 Å². The molecule has 7 heteroatoms. The molecule has 0 saturated heterocycles. The zero-order chi connectivity index (χ0) is 24.4. The van der Waals surface area contributed by atoms with E-state index in [2.05, 4.69) is 41.6 Å². The van der Waals surface area contributed by atoms with Gasteiger partial charge in [0.1, 0.15) is 0 Å². The maximum atomic E-state index is 13.0. The van der Waals surface area contributed by atoms with Crippen molar-refractivity contribution in [2.75, 3.05) is 12.4 Å². The molecular formula is C27H27N4O3+. The topological polar surface area (TPSA) is 98.1 Å². The largest absolute Gasteiger partial charge is 0.355 e. The summed E-state index contributed by atoms with van der Waals surface area (Å²) in [6.45, 7) is 5.87. The lowest BCUT2D eigenvalue weighted by atomic mass is 9.94. The highest BCUT2D eigenvalue weighted by Gasteiger charge is 2.29. The molecule has 0 unspecified atom stereocenters. The third-order valence-electron chi connectivity index (χ3n) is 5.82. The monoisotopic (exact) mass is 455 g/mol.